The molecule has 1 atom stereocenters. The van der Waals surface area contributed by atoms with Crippen molar-refractivity contribution in [1.29, 1.82) is 0 Å². The molecule has 4 nitrogen and oxygen atoms in total. The lowest BCUT2D eigenvalue weighted by Gasteiger charge is -2.26. The lowest BCUT2D eigenvalue weighted by Crippen LogP contribution is -2.45. The van der Waals surface area contributed by atoms with Crippen LogP contribution in [0.3, 0.4) is 0 Å². The van der Waals surface area contributed by atoms with Crippen LogP contribution in [0.1, 0.15) is 33.1 Å². The van der Waals surface area contributed by atoms with E-state index in [0.29, 0.717) is 19.6 Å². The number of rotatable bonds is 5. The number of hydrogen-bond donors (Lipinski definition) is 1. The molecule has 1 saturated heterocycles. The first-order valence-corrected chi connectivity index (χ1v) is 7.70. The summed E-state index contributed by atoms with van der Waals surface area (Å²) < 4.78 is 27.8. The van der Waals surface area contributed by atoms with Gasteiger partial charge in [0, 0.05) is 25.0 Å². The van der Waals surface area contributed by atoms with Gasteiger partial charge in [0.05, 0.1) is 0 Å². The number of halogens is 1. The van der Waals surface area contributed by atoms with Gasteiger partial charge < -0.3 is 0 Å². The van der Waals surface area contributed by atoms with Gasteiger partial charge in [-0.15, -0.1) is 11.6 Å². The lowest BCUT2D eigenvalue weighted by molar-refractivity contribution is 0.341. The summed E-state index contributed by atoms with van der Waals surface area (Å²) in [6.07, 6.45) is 3.03. The first kappa shape index (κ1) is 14.2. The van der Waals surface area contributed by atoms with Crippen molar-refractivity contribution in [2.24, 2.45) is 5.92 Å². The van der Waals surface area contributed by atoms with Crippen LogP contribution < -0.4 is 4.72 Å². The Balaban J connectivity index is 2.44. The quantitative estimate of drug-likeness (QED) is 0.770. The molecule has 0 saturated carbocycles. The fraction of sp³-hybridized carbons (Fsp3) is 1.00. The molecule has 16 heavy (non-hydrogen) atoms. The summed E-state index contributed by atoms with van der Waals surface area (Å²) in [4.78, 5) is 0. The van der Waals surface area contributed by atoms with Gasteiger partial charge in [0.1, 0.15) is 0 Å². The Morgan fingerprint density at radius 1 is 1.25 bits per heavy atom. The largest absolute Gasteiger partial charge is 0.279 e. The minimum absolute atomic E-state index is 0.153. The average Bonchev–Trinajstić information content (AvgIpc) is 2.27. The first-order valence-electron chi connectivity index (χ1n) is 5.82. The highest BCUT2D eigenvalue weighted by Gasteiger charge is 2.24. The molecule has 1 heterocycles. The Kier molecular flexibility index (Phi) is 5.50. The maximum absolute atomic E-state index is 11.9. The third-order valence-electron chi connectivity index (χ3n) is 2.84. The maximum atomic E-state index is 11.9. The maximum Gasteiger partial charge on any atom is 0.279 e. The molecule has 1 aliphatic heterocycles. The van der Waals surface area contributed by atoms with E-state index in [1.165, 1.54) is 4.31 Å². The van der Waals surface area contributed by atoms with Crippen LogP contribution in [0, 0.1) is 5.92 Å². The SMILES string of the molecule is CC(C)C(Cl)CNS(=O)(=O)N1CCCCC1. The van der Waals surface area contributed by atoms with Crippen molar-refractivity contribution in [3.63, 3.8) is 0 Å². The van der Waals surface area contributed by atoms with Crippen LogP contribution in [-0.2, 0) is 10.2 Å². The smallest absolute Gasteiger partial charge is 0.201 e. The standard InChI is InChI=1S/C10H21ClN2O2S/c1-9(2)10(11)8-12-16(14,15)13-6-4-3-5-7-13/h9-10,12H,3-8H2,1-2H3. The summed E-state index contributed by atoms with van der Waals surface area (Å²) in [5.74, 6) is 0.269. The van der Waals surface area contributed by atoms with E-state index in [4.69, 9.17) is 11.6 Å². The molecule has 1 aliphatic rings. The molecule has 0 aromatic rings. The second kappa shape index (κ2) is 6.19. The molecule has 1 unspecified atom stereocenters. The van der Waals surface area contributed by atoms with Crippen LogP contribution in [0.4, 0.5) is 0 Å². The second-order valence-electron chi connectivity index (χ2n) is 4.57. The Morgan fingerprint density at radius 2 is 1.81 bits per heavy atom. The van der Waals surface area contributed by atoms with E-state index in [9.17, 15) is 8.42 Å². The minimum Gasteiger partial charge on any atom is -0.201 e. The molecular weight excluding hydrogens is 248 g/mol. The lowest BCUT2D eigenvalue weighted by atomic mass is 10.1. The number of hydrogen-bond acceptors (Lipinski definition) is 2. The van der Waals surface area contributed by atoms with Crippen LogP contribution >= 0.6 is 11.6 Å². The normalized spacial score (nSPS) is 21.2. The zero-order valence-electron chi connectivity index (χ0n) is 9.95. The molecular formula is C10H21ClN2O2S. The molecule has 1 fully saturated rings. The van der Waals surface area contributed by atoms with Crippen molar-refractivity contribution >= 4 is 21.8 Å². The molecule has 0 aromatic heterocycles. The van der Waals surface area contributed by atoms with Crippen LogP contribution in [0.25, 0.3) is 0 Å². The second-order valence-corrected chi connectivity index (χ2v) is 6.89. The third kappa shape index (κ3) is 4.20. The van der Waals surface area contributed by atoms with Gasteiger partial charge in [-0.1, -0.05) is 20.3 Å². The van der Waals surface area contributed by atoms with Crippen LogP contribution in [0.2, 0.25) is 0 Å². The van der Waals surface area contributed by atoms with E-state index in [1.807, 2.05) is 13.8 Å². The topological polar surface area (TPSA) is 49.4 Å². The van der Waals surface area contributed by atoms with Crippen molar-refractivity contribution in [2.45, 2.75) is 38.5 Å². The van der Waals surface area contributed by atoms with Gasteiger partial charge in [-0.25, -0.2) is 4.72 Å². The summed E-state index contributed by atoms with van der Waals surface area (Å²) in [5.41, 5.74) is 0. The van der Waals surface area contributed by atoms with Gasteiger partial charge in [0.25, 0.3) is 10.2 Å². The van der Waals surface area contributed by atoms with E-state index >= 15 is 0 Å². The Bertz CT molecular complexity index is 300. The molecule has 6 heteroatoms. The van der Waals surface area contributed by atoms with E-state index < -0.39 is 10.2 Å². The molecule has 0 spiro atoms. The number of piperidine rings is 1. The fourth-order valence-corrected chi connectivity index (χ4v) is 3.10. The van der Waals surface area contributed by atoms with Crippen molar-refractivity contribution in [2.75, 3.05) is 19.6 Å². The van der Waals surface area contributed by atoms with E-state index in [-0.39, 0.29) is 11.3 Å². The number of alkyl halides is 1. The summed E-state index contributed by atoms with van der Waals surface area (Å²) in [7, 11) is -3.31. The third-order valence-corrected chi connectivity index (χ3v) is 5.07. The van der Waals surface area contributed by atoms with E-state index in [2.05, 4.69) is 4.72 Å². The highest BCUT2D eigenvalue weighted by Crippen LogP contribution is 2.13. The highest BCUT2D eigenvalue weighted by atomic mass is 35.5. The van der Waals surface area contributed by atoms with Gasteiger partial charge in [0.2, 0.25) is 0 Å². The Morgan fingerprint density at radius 3 is 2.31 bits per heavy atom. The van der Waals surface area contributed by atoms with E-state index in [0.717, 1.165) is 19.3 Å². The molecule has 0 radical (unpaired) electrons. The van der Waals surface area contributed by atoms with Crippen molar-refractivity contribution in [3.05, 3.63) is 0 Å². The van der Waals surface area contributed by atoms with Gasteiger partial charge in [0.15, 0.2) is 0 Å². The van der Waals surface area contributed by atoms with Crippen LogP contribution in [0.15, 0.2) is 0 Å². The molecule has 0 amide bonds. The molecule has 1 rings (SSSR count). The Labute approximate surface area is 104 Å². The zero-order valence-corrected chi connectivity index (χ0v) is 11.5. The Hall–Kier alpha value is 0.160. The summed E-state index contributed by atoms with van der Waals surface area (Å²) in [6, 6.07) is 0. The predicted octanol–water partition coefficient (Wildman–Crippen LogP) is 1.57. The average molecular weight is 269 g/mol. The van der Waals surface area contributed by atoms with E-state index in [1.54, 1.807) is 0 Å². The molecule has 1 N–H and O–H groups in total. The summed E-state index contributed by atoms with van der Waals surface area (Å²) in [5, 5.41) is -0.153. The van der Waals surface area contributed by atoms with Gasteiger partial charge in [-0.3, -0.25) is 0 Å². The summed E-state index contributed by atoms with van der Waals surface area (Å²) >= 11 is 6.02. The van der Waals surface area contributed by atoms with Gasteiger partial charge in [-0.2, -0.15) is 12.7 Å². The molecule has 96 valence electrons. The monoisotopic (exact) mass is 268 g/mol. The number of nitrogens with zero attached hydrogens (tertiary/aromatic N) is 1. The van der Waals surface area contributed by atoms with Gasteiger partial charge in [-0.05, 0) is 18.8 Å². The summed E-state index contributed by atoms with van der Waals surface area (Å²) in [6.45, 7) is 5.52. The zero-order chi connectivity index (χ0) is 12.2. The molecule has 0 aromatic carbocycles. The van der Waals surface area contributed by atoms with Crippen molar-refractivity contribution in [1.82, 2.24) is 9.03 Å². The van der Waals surface area contributed by atoms with Crippen LogP contribution in [0.5, 0.6) is 0 Å². The van der Waals surface area contributed by atoms with Crippen LogP contribution in [-0.4, -0.2) is 37.7 Å². The fourth-order valence-electron chi connectivity index (χ4n) is 1.62. The van der Waals surface area contributed by atoms with Crippen molar-refractivity contribution < 1.29 is 8.42 Å². The first-order chi connectivity index (χ1) is 7.43. The van der Waals surface area contributed by atoms with Gasteiger partial charge >= 0.3 is 0 Å². The number of nitrogens with one attached hydrogen (secondary N) is 1. The molecule has 0 bridgehead atoms. The minimum atomic E-state index is -3.31. The van der Waals surface area contributed by atoms with Crippen molar-refractivity contribution in [3.8, 4) is 0 Å². The predicted molar refractivity (Wildman–Crippen MR) is 66.8 cm³/mol. The highest BCUT2D eigenvalue weighted by molar-refractivity contribution is 7.87. The molecule has 0 aliphatic carbocycles.